The first-order valence-electron chi connectivity index (χ1n) is 5.03. The highest BCUT2D eigenvalue weighted by atomic mass is 32.2. The van der Waals surface area contributed by atoms with Gasteiger partial charge in [-0.2, -0.15) is 21.6 Å². The molecule has 0 bridgehead atoms. The van der Waals surface area contributed by atoms with E-state index in [-0.39, 0.29) is 5.56 Å². The van der Waals surface area contributed by atoms with Crippen molar-refractivity contribution in [3.05, 3.63) is 29.3 Å². The molecule has 0 heterocycles. The van der Waals surface area contributed by atoms with Crippen LogP contribution in [0.4, 0.5) is 13.2 Å². The topological polar surface area (TPSA) is 63.6 Å². The molecule has 0 aromatic heterocycles. The minimum absolute atomic E-state index is 0.116. The number of hydrogen-bond donors (Lipinski definition) is 1. The van der Waals surface area contributed by atoms with E-state index >= 15 is 0 Å². The molecule has 1 aromatic rings. The molecule has 0 spiro atoms. The molecule has 100 valence electrons. The third-order valence-electron chi connectivity index (χ3n) is 2.66. The molecular formula is C10H9F3O4S. The maximum atomic E-state index is 12.2. The van der Waals surface area contributed by atoms with Gasteiger partial charge in [-0.05, 0) is 24.5 Å². The van der Waals surface area contributed by atoms with Crippen molar-refractivity contribution in [2.24, 2.45) is 0 Å². The lowest BCUT2D eigenvalue weighted by atomic mass is 10.1. The first-order valence-corrected chi connectivity index (χ1v) is 6.44. The molecule has 18 heavy (non-hydrogen) atoms. The molecule has 1 aliphatic carbocycles. The molecule has 0 saturated heterocycles. The molecule has 0 aliphatic heterocycles. The van der Waals surface area contributed by atoms with Crippen LogP contribution in [0.3, 0.4) is 0 Å². The number of rotatable bonds is 2. The van der Waals surface area contributed by atoms with Gasteiger partial charge in [-0.25, -0.2) is 0 Å². The highest BCUT2D eigenvalue weighted by Gasteiger charge is 2.49. The van der Waals surface area contributed by atoms with Gasteiger partial charge in [0.2, 0.25) is 0 Å². The molecule has 0 amide bonds. The van der Waals surface area contributed by atoms with Crippen LogP contribution in [0, 0.1) is 0 Å². The quantitative estimate of drug-likeness (QED) is 0.664. The lowest BCUT2D eigenvalue weighted by molar-refractivity contribution is -0.0500. The number of benzene rings is 1. The van der Waals surface area contributed by atoms with Gasteiger partial charge in [0.05, 0.1) is 6.10 Å². The van der Waals surface area contributed by atoms with Crippen LogP contribution in [-0.4, -0.2) is 19.0 Å². The van der Waals surface area contributed by atoms with Crippen molar-refractivity contribution >= 4 is 10.1 Å². The Morgan fingerprint density at radius 3 is 2.61 bits per heavy atom. The van der Waals surface area contributed by atoms with E-state index in [0.29, 0.717) is 18.4 Å². The Morgan fingerprint density at radius 2 is 2.00 bits per heavy atom. The zero-order valence-corrected chi connectivity index (χ0v) is 9.75. The standard InChI is InChI=1S/C10H9F3O4S/c11-10(12,13)18(15,16)17-8-3-1-2-6-4-5-7(14)9(6)8/h1-3,7,14H,4-5H2. The van der Waals surface area contributed by atoms with Crippen LogP contribution >= 0.6 is 0 Å². The minimum atomic E-state index is -5.71. The van der Waals surface area contributed by atoms with Crippen molar-refractivity contribution in [2.75, 3.05) is 0 Å². The molecule has 8 heteroatoms. The SMILES string of the molecule is O=S(=O)(Oc1cccc2c1C(O)CC2)C(F)(F)F. The Hall–Kier alpha value is -1.28. The summed E-state index contributed by atoms with van der Waals surface area (Å²) < 4.78 is 62.4. The van der Waals surface area contributed by atoms with Crippen molar-refractivity contribution < 1.29 is 30.9 Å². The first kappa shape index (κ1) is 13.2. The van der Waals surface area contributed by atoms with E-state index in [9.17, 15) is 26.7 Å². The predicted molar refractivity (Wildman–Crippen MR) is 55.3 cm³/mol. The van der Waals surface area contributed by atoms with Gasteiger partial charge in [0.25, 0.3) is 0 Å². The van der Waals surface area contributed by atoms with Crippen molar-refractivity contribution in [3.63, 3.8) is 0 Å². The summed E-state index contributed by atoms with van der Waals surface area (Å²) in [6, 6.07) is 4.09. The molecule has 1 aromatic carbocycles. The average Bonchev–Trinajstić information content (AvgIpc) is 2.59. The van der Waals surface area contributed by atoms with Crippen LogP contribution in [0.25, 0.3) is 0 Å². The number of halogens is 3. The smallest absolute Gasteiger partial charge is 0.388 e. The molecule has 1 unspecified atom stereocenters. The van der Waals surface area contributed by atoms with Crippen LogP contribution in [0.1, 0.15) is 23.7 Å². The Balaban J connectivity index is 2.41. The normalized spacial score (nSPS) is 19.7. The molecule has 1 aliphatic rings. The van der Waals surface area contributed by atoms with Crippen molar-refractivity contribution in [1.82, 2.24) is 0 Å². The minimum Gasteiger partial charge on any atom is -0.388 e. The monoisotopic (exact) mass is 282 g/mol. The molecule has 0 radical (unpaired) electrons. The van der Waals surface area contributed by atoms with Gasteiger partial charge in [-0.15, -0.1) is 0 Å². The second-order valence-corrected chi connectivity index (χ2v) is 5.40. The summed E-state index contributed by atoms with van der Waals surface area (Å²) in [7, 11) is -5.71. The summed E-state index contributed by atoms with van der Waals surface area (Å²) in [6.07, 6.45) is -0.193. The molecular weight excluding hydrogens is 273 g/mol. The van der Waals surface area contributed by atoms with Crippen LogP contribution in [0.2, 0.25) is 0 Å². The maximum absolute atomic E-state index is 12.2. The molecule has 1 N–H and O–H groups in total. The zero-order chi connectivity index (χ0) is 13.6. The second kappa shape index (κ2) is 4.13. The average molecular weight is 282 g/mol. The fourth-order valence-corrected chi connectivity index (χ4v) is 2.34. The van der Waals surface area contributed by atoms with Gasteiger partial charge < -0.3 is 9.29 Å². The number of aliphatic hydroxyl groups is 1. The van der Waals surface area contributed by atoms with Gasteiger partial charge in [0.1, 0.15) is 5.75 Å². The highest BCUT2D eigenvalue weighted by molar-refractivity contribution is 7.88. The van der Waals surface area contributed by atoms with Gasteiger partial charge in [-0.1, -0.05) is 12.1 Å². The van der Waals surface area contributed by atoms with Gasteiger partial charge in [0.15, 0.2) is 0 Å². The summed E-state index contributed by atoms with van der Waals surface area (Å²) in [6.45, 7) is 0. The molecule has 4 nitrogen and oxygen atoms in total. The van der Waals surface area contributed by atoms with Gasteiger partial charge in [-0.3, -0.25) is 0 Å². The Bertz CT molecular complexity index is 565. The van der Waals surface area contributed by atoms with E-state index < -0.39 is 27.5 Å². The maximum Gasteiger partial charge on any atom is 0.534 e. The van der Waals surface area contributed by atoms with Crippen LogP contribution in [-0.2, 0) is 16.5 Å². The van der Waals surface area contributed by atoms with Crippen LogP contribution < -0.4 is 4.18 Å². The number of alkyl halides is 3. The van der Waals surface area contributed by atoms with E-state index in [1.165, 1.54) is 6.07 Å². The fourth-order valence-electron chi connectivity index (χ4n) is 1.86. The van der Waals surface area contributed by atoms with Crippen molar-refractivity contribution in [1.29, 1.82) is 0 Å². The number of aryl methyl sites for hydroxylation is 1. The lowest BCUT2D eigenvalue weighted by Crippen LogP contribution is -2.28. The third-order valence-corrected chi connectivity index (χ3v) is 3.63. The summed E-state index contributed by atoms with van der Waals surface area (Å²) >= 11 is 0. The first-order chi connectivity index (χ1) is 8.22. The largest absolute Gasteiger partial charge is 0.534 e. The molecule has 2 rings (SSSR count). The van der Waals surface area contributed by atoms with E-state index in [1.807, 2.05) is 0 Å². The Kier molecular flexibility index (Phi) is 3.02. The second-order valence-electron chi connectivity index (χ2n) is 3.87. The predicted octanol–water partition coefficient (Wildman–Crippen LogP) is 1.89. The Morgan fingerprint density at radius 1 is 1.33 bits per heavy atom. The third kappa shape index (κ3) is 2.17. The zero-order valence-electron chi connectivity index (χ0n) is 8.94. The lowest BCUT2D eigenvalue weighted by Gasteiger charge is -2.14. The van der Waals surface area contributed by atoms with E-state index in [4.69, 9.17) is 0 Å². The van der Waals surface area contributed by atoms with Crippen molar-refractivity contribution in [3.8, 4) is 5.75 Å². The van der Waals surface area contributed by atoms with E-state index in [2.05, 4.69) is 4.18 Å². The summed E-state index contributed by atoms with van der Waals surface area (Å²) in [5, 5.41) is 9.61. The molecule has 1 atom stereocenters. The molecule has 0 saturated carbocycles. The number of hydrogen-bond acceptors (Lipinski definition) is 4. The summed E-state index contributed by atoms with van der Waals surface area (Å²) in [5.74, 6) is -0.463. The Labute approximate surface area is 101 Å². The van der Waals surface area contributed by atoms with E-state index in [1.54, 1.807) is 6.07 Å². The van der Waals surface area contributed by atoms with Gasteiger partial charge >= 0.3 is 15.6 Å². The highest BCUT2D eigenvalue weighted by Crippen LogP contribution is 2.39. The number of aliphatic hydroxyl groups excluding tert-OH is 1. The number of fused-ring (bicyclic) bond motifs is 1. The van der Waals surface area contributed by atoms with Crippen molar-refractivity contribution in [2.45, 2.75) is 24.5 Å². The van der Waals surface area contributed by atoms with Crippen LogP contribution in [0.5, 0.6) is 5.75 Å². The van der Waals surface area contributed by atoms with E-state index in [0.717, 1.165) is 6.07 Å². The summed E-state index contributed by atoms with van der Waals surface area (Å²) in [4.78, 5) is 0. The summed E-state index contributed by atoms with van der Waals surface area (Å²) in [5.41, 5.74) is -4.78. The van der Waals surface area contributed by atoms with Gasteiger partial charge in [0, 0.05) is 5.56 Å². The van der Waals surface area contributed by atoms with Crippen LogP contribution in [0.15, 0.2) is 18.2 Å². The molecule has 0 fully saturated rings. The fraction of sp³-hybridized carbons (Fsp3) is 0.400.